The van der Waals surface area contributed by atoms with Crippen molar-refractivity contribution in [1.82, 2.24) is 5.32 Å². The van der Waals surface area contributed by atoms with Crippen molar-refractivity contribution in [3.05, 3.63) is 24.3 Å². The highest BCUT2D eigenvalue weighted by Crippen LogP contribution is 2.29. The van der Waals surface area contributed by atoms with Crippen LogP contribution in [0, 0.1) is 5.92 Å². The highest BCUT2D eigenvalue weighted by atomic mass is 16.5. The van der Waals surface area contributed by atoms with E-state index in [1.54, 1.807) is 0 Å². The Labute approximate surface area is 122 Å². The number of nitrogens with zero attached hydrogens (tertiary/aromatic N) is 1. The maximum Gasteiger partial charge on any atom is 0.121 e. The summed E-state index contributed by atoms with van der Waals surface area (Å²) in [5.41, 5.74) is 1.30. The van der Waals surface area contributed by atoms with Crippen LogP contribution in [0.3, 0.4) is 0 Å². The van der Waals surface area contributed by atoms with E-state index >= 15 is 0 Å². The molecular formula is C17H26N2O. The summed E-state index contributed by atoms with van der Waals surface area (Å²) in [4.78, 5) is 2.44. The Morgan fingerprint density at radius 2 is 2.05 bits per heavy atom. The highest BCUT2D eigenvalue weighted by molar-refractivity contribution is 5.51. The van der Waals surface area contributed by atoms with Gasteiger partial charge in [-0.25, -0.2) is 0 Å². The lowest BCUT2D eigenvalue weighted by atomic mass is 9.89. The van der Waals surface area contributed by atoms with Crippen LogP contribution in [-0.2, 0) is 0 Å². The molecule has 1 aliphatic carbocycles. The Kier molecular flexibility index (Phi) is 4.46. The summed E-state index contributed by atoms with van der Waals surface area (Å²) < 4.78 is 6.21. The van der Waals surface area contributed by atoms with Gasteiger partial charge >= 0.3 is 0 Å². The molecule has 0 bridgehead atoms. The van der Waals surface area contributed by atoms with Gasteiger partial charge in [0, 0.05) is 37.9 Å². The second-order valence-electron chi connectivity index (χ2n) is 6.25. The summed E-state index contributed by atoms with van der Waals surface area (Å²) in [6.45, 7) is 6.66. The van der Waals surface area contributed by atoms with Gasteiger partial charge in [-0.05, 0) is 37.3 Å². The quantitative estimate of drug-likeness (QED) is 0.917. The largest absolute Gasteiger partial charge is 0.490 e. The Hall–Kier alpha value is -1.22. The maximum absolute atomic E-state index is 6.21. The van der Waals surface area contributed by atoms with Crippen LogP contribution in [0.4, 0.5) is 5.69 Å². The minimum Gasteiger partial charge on any atom is -0.490 e. The molecule has 1 aliphatic heterocycles. The third-order valence-electron chi connectivity index (χ3n) is 4.49. The minimum atomic E-state index is 0.414. The predicted molar refractivity (Wildman–Crippen MR) is 83.6 cm³/mol. The number of benzene rings is 1. The average molecular weight is 274 g/mol. The van der Waals surface area contributed by atoms with E-state index in [1.807, 2.05) is 0 Å². The maximum atomic E-state index is 6.21. The molecule has 20 heavy (non-hydrogen) atoms. The second-order valence-corrected chi connectivity index (χ2v) is 6.25. The molecule has 110 valence electrons. The standard InChI is InChI=1S/C17H26N2O/c1-14-4-2-6-16(12-14)20-17-7-3-5-15(13-17)19-10-8-18-9-11-19/h3,5,7,13-14,16,18H,2,4,6,8-12H2,1H3. The van der Waals surface area contributed by atoms with Crippen LogP contribution in [0.5, 0.6) is 5.75 Å². The normalized spacial score (nSPS) is 27.4. The first-order valence-electron chi connectivity index (χ1n) is 8.03. The van der Waals surface area contributed by atoms with Crippen molar-refractivity contribution in [2.24, 2.45) is 5.92 Å². The van der Waals surface area contributed by atoms with E-state index in [4.69, 9.17) is 4.74 Å². The summed E-state index contributed by atoms with van der Waals surface area (Å²) in [6.07, 6.45) is 5.50. The van der Waals surface area contributed by atoms with Gasteiger partial charge in [0.15, 0.2) is 0 Å². The van der Waals surface area contributed by atoms with Crippen molar-refractivity contribution in [2.75, 3.05) is 31.1 Å². The van der Waals surface area contributed by atoms with E-state index in [0.717, 1.165) is 37.8 Å². The molecule has 1 aromatic rings. The smallest absolute Gasteiger partial charge is 0.121 e. The van der Waals surface area contributed by atoms with Gasteiger partial charge in [0.2, 0.25) is 0 Å². The van der Waals surface area contributed by atoms with E-state index in [9.17, 15) is 0 Å². The van der Waals surface area contributed by atoms with Gasteiger partial charge in [-0.2, -0.15) is 0 Å². The first kappa shape index (κ1) is 13.7. The van der Waals surface area contributed by atoms with E-state index < -0.39 is 0 Å². The molecule has 3 rings (SSSR count). The van der Waals surface area contributed by atoms with Gasteiger partial charge in [-0.1, -0.05) is 19.4 Å². The number of piperazine rings is 1. The fourth-order valence-corrected chi connectivity index (χ4v) is 3.35. The molecule has 1 heterocycles. The lowest BCUT2D eigenvalue weighted by molar-refractivity contribution is 0.129. The van der Waals surface area contributed by atoms with Gasteiger partial charge in [-0.3, -0.25) is 0 Å². The molecule has 1 saturated carbocycles. The number of nitrogens with one attached hydrogen (secondary N) is 1. The Balaban J connectivity index is 1.64. The molecule has 2 unspecified atom stereocenters. The van der Waals surface area contributed by atoms with Crippen molar-refractivity contribution in [1.29, 1.82) is 0 Å². The Bertz CT molecular complexity index is 429. The van der Waals surface area contributed by atoms with Gasteiger partial charge in [0.1, 0.15) is 5.75 Å². The van der Waals surface area contributed by atoms with Gasteiger partial charge in [-0.15, -0.1) is 0 Å². The van der Waals surface area contributed by atoms with Gasteiger partial charge in [0.05, 0.1) is 6.10 Å². The molecular weight excluding hydrogens is 248 g/mol. The minimum absolute atomic E-state index is 0.414. The summed E-state index contributed by atoms with van der Waals surface area (Å²) in [6, 6.07) is 8.64. The van der Waals surface area contributed by atoms with Gasteiger partial charge < -0.3 is 15.0 Å². The predicted octanol–water partition coefficient (Wildman–Crippen LogP) is 3.05. The van der Waals surface area contributed by atoms with Crippen LogP contribution in [0.15, 0.2) is 24.3 Å². The topological polar surface area (TPSA) is 24.5 Å². The molecule has 2 aliphatic rings. The zero-order chi connectivity index (χ0) is 13.8. The molecule has 1 aromatic carbocycles. The molecule has 0 amide bonds. The lowest BCUT2D eigenvalue weighted by Gasteiger charge is -2.30. The summed E-state index contributed by atoms with van der Waals surface area (Å²) in [5.74, 6) is 1.85. The number of hydrogen-bond donors (Lipinski definition) is 1. The fourth-order valence-electron chi connectivity index (χ4n) is 3.35. The fraction of sp³-hybridized carbons (Fsp3) is 0.647. The molecule has 1 saturated heterocycles. The Morgan fingerprint density at radius 3 is 2.85 bits per heavy atom. The first-order valence-corrected chi connectivity index (χ1v) is 8.03. The van der Waals surface area contributed by atoms with E-state index in [-0.39, 0.29) is 0 Å². The lowest BCUT2D eigenvalue weighted by Crippen LogP contribution is -2.43. The van der Waals surface area contributed by atoms with Crippen LogP contribution < -0.4 is 15.0 Å². The Morgan fingerprint density at radius 1 is 1.20 bits per heavy atom. The third-order valence-corrected chi connectivity index (χ3v) is 4.49. The summed E-state index contributed by atoms with van der Waals surface area (Å²) >= 11 is 0. The number of rotatable bonds is 3. The highest BCUT2D eigenvalue weighted by Gasteiger charge is 2.20. The van der Waals surface area contributed by atoms with E-state index in [0.29, 0.717) is 6.10 Å². The molecule has 3 nitrogen and oxygen atoms in total. The molecule has 0 spiro atoms. The first-order chi connectivity index (χ1) is 9.81. The van der Waals surface area contributed by atoms with Crippen molar-refractivity contribution in [3.63, 3.8) is 0 Å². The zero-order valence-electron chi connectivity index (χ0n) is 12.5. The molecule has 0 radical (unpaired) electrons. The number of hydrogen-bond acceptors (Lipinski definition) is 3. The molecule has 2 fully saturated rings. The van der Waals surface area contributed by atoms with Crippen molar-refractivity contribution in [3.8, 4) is 5.75 Å². The van der Waals surface area contributed by atoms with Crippen molar-refractivity contribution < 1.29 is 4.74 Å². The summed E-state index contributed by atoms with van der Waals surface area (Å²) in [7, 11) is 0. The van der Waals surface area contributed by atoms with Gasteiger partial charge in [0.25, 0.3) is 0 Å². The van der Waals surface area contributed by atoms with Crippen LogP contribution in [0.25, 0.3) is 0 Å². The van der Waals surface area contributed by atoms with Crippen molar-refractivity contribution in [2.45, 2.75) is 38.7 Å². The average Bonchev–Trinajstić information content (AvgIpc) is 2.48. The van der Waals surface area contributed by atoms with Crippen LogP contribution in [-0.4, -0.2) is 32.3 Å². The van der Waals surface area contributed by atoms with Crippen LogP contribution in [0.1, 0.15) is 32.6 Å². The summed E-state index contributed by atoms with van der Waals surface area (Å²) in [5, 5.41) is 3.40. The number of anilines is 1. The second kappa shape index (κ2) is 6.49. The van der Waals surface area contributed by atoms with E-state index in [1.165, 1.54) is 31.4 Å². The van der Waals surface area contributed by atoms with E-state index in [2.05, 4.69) is 41.4 Å². The number of ether oxygens (including phenoxy) is 1. The van der Waals surface area contributed by atoms with Crippen molar-refractivity contribution >= 4 is 5.69 Å². The third kappa shape index (κ3) is 3.45. The molecule has 1 N–H and O–H groups in total. The van der Waals surface area contributed by atoms with Crippen LogP contribution in [0.2, 0.25) is 0 Å². The zero-order valence-corrected chi connectivity index (χ0v) is 12.5. The molecule has 0 aromatic heterocycles. The SMILES string of the molecule is CC1CCCC(Oc2cccc(N3CCNCC3)c2)C1. The molecule has 3 heteroatoms. The molecule has 2 atom stereocenters. The van der Waals surface area contributed by atoms with Crippen LogP contribution >= 0.6 is 0 Å². The monoisotopic (exact) mass is 274 g/mol.